The Labute approximate surface area is 136 Å². The van der Waals surface area contributed by atoms with Gasteiger partial charge in [0.25, 0.3) is 5.91 Å². The highest BCUT2D eigenvalue weighted by Gasteiger charge is 2.26. The van der Waals surface area contributed by atoms with Crippen LogP contribution in [0.25, 0.3) is 6.08 Å². The fourth-order valence-electron chi connectivity index (χ4n) is 2.80. The van der Waals surface area contributed by atoms with Gasteiger partial charge in [0.1, 0.15) is 0 Å². The van der Waals surface area contributed by atoms with E-state index < -0.39 is 0 Å². The van der Waals surface area contributed by atoms with Crippen LogP contribution in [0.5, 0.6) is 0 Å². The number of nitrogens with zero attached hydrogens (tertiary/aromatic N) is 2. The third kappa shape index (κ3) is 3.61. The summed E-state index contributed by atoms with van der Waals surface area (Å²) in [4.78, 5) is 19.4. The van der Waals surface area contributed by atoms with Gasteiger partial charge < -0.3 is 4.90 Å². The standard InChI is InChI=1S/C18H22N2OS/c1-2-14-7-9-15(10-8-14)13-16-17(21)19-18(22-16)20-11-5-3-4-6-12-20/h7-10,13H,2-6,11-12H2,1H3/b16-13+. The molecular formula is C18H22N2OS. The van der Waals surface area contributed by atoms with Gasteiger partial charge in [-0.15, -0.1) is 0 Å². The number of hydrogen-bond donors (Lipinski definition) is 0. The molecule has 22 heavy (non-hydrogen) atoms. The van der Waals surface area contributed by atoms with Gasteiger partial charge in [0.15, 0.2) is 5.17 Å². The first-order chi connectivity index (χ1) is 10.8. The maximum absolute atomic E-state index is 12.1. The second-order valence-electron chi connectivity index (χ2n) is 5.81. The molecular weight excluding hydrogens is 292 g/mol. The van der Waals surface area contributed by atoms with Crippen molar-refractivity contribution in [3.05, 3.63) is 40.3 Å². The SMILES string of the molecule is CCc1ccc(/C=C2/SC(N3CCCCCC3)=NC2=O)cc1. The van der Waals surface area contributed by atoms with Gasteiger partial charge in [0.2, 0.25) is 0 Å². The summed E-state index contributed by atoms with van der Waals surface area (Å²) < 4.78 is 0. The van der Waals surface area contributed by atoms with E-state index in [-0.39, 0.29) is 5.91 Å². The number of likely N-dealkylation sites (tertiary alicyclic amines) is 1. The van der Waals surface area contributed by atoms with Crippen molar-refractivity contribution < 1.29 is 4.79 Å². The predicted molar refractivity (Wildman–Crippen MR) is 93.9 cm³/mol. The molecule has 0 aromatic heterocycles. The number of aliphatic imine (C=N–C) groups is 1. The zero-order valence-electron chi connectivity index (χ0n) is 13.0. The van der Waals surface area contributed by atoms with Crippen LogP contribution in [0.15, 0.2) is 34.2 Å². The predicted octanol–water partition coefficient (Wildman–Crippen LogP) is 4.10. The molecule has 0 atom stereocenters. The van der Waals surface area contributed by atoms with E-state index in [9.17, 15) is 4.79 Å². The largest absolute Gasteiger partial charge is 0.351 e. The number of carbonyl (C=O) groups excluding carboxylic acids is 1. The van der Waals surface area contributed by atoms with E-state index in [4.69, 9.17) is 0 Å². The van der Waals surface area contributed by atoms with Crippen LogP contribution < -0.4 is 0 Å². The lowest BCUT2D eigenvalue weighted by molar-refractivity contribution is -0.113. The molecule has 4 heteroatoms. The molecule has 0 aliphatic carbocycles. The third-order valence-electron chi connectivity index (χ3n) is 4.17. The van der Waals surface area contributed by atoms with Crippen molar-refractivity contribution in [1.82, 2.24) is 4.90 Å². The Morgan fingerprint density at radius 2 is 1.82 bits per heavy atom. The highest BCUT2D eigenvalue weighted by molar-refractivity contribution is 8.18. The maximum Gasteiger partial charge on any atom is 0.286 e. The number of aryl methyl sites for hydroxylation is 1. The molecule has 1 aromatic rings. The Morgan fingerprint density at radius 1 is 1.14 bits per heavy atom. The van der Waals surface area contributed by atoms with Gasteiger partial charge in [-0.2, -0.15) is 4.99 Å². The third-order valence-corrected chi connectivity index (χ3v) is 5.22. The molecule has 2 aliphatic heterocycles. The van der Waals surface area contributed by atoms with Gasteiger partial charge >= 0.3 is 0 Å². The fraction of sp³-hybridized carbons (Fsp3) is 0.444. The molecule has 1 amide bonds. The molecule has 0 N–H and O–H groups in total. The summed E-state index contributed by atoms with van der Waals surface area (Å²) >= 11 is 1.53. The van der Waals surface area contributed by atoms with Crippen molar-refractivity contribution in [2.45, 2.75) is 39.0 Å². The van der Waals surface area contributed by atoms with Crippen LogP contribution in [0.1, 0.15) is 43.7 Å². The molecule has 1 fully saturated rings. The van der Waals surface area contributed by atoms with Crippen molar-refractivity contribution in [3.8, 4) is 0 Å². The minimum atomic E-state index is -0.0937. The van der Waals surface area contributed by atoms with Gasteiger partial charge in [-0.05, 0) is 48.2 Å². The average molecular weight is 314 g/mol. The lowest BCUT2D eigenvalue weighted by atomic mass is 10.1. The van der Waals surface area contributed by atoms with E-state index in [0.717, 1.165) is 35.1 Å². The highest BCUT2D eigenvalue weighted by atomic mass is 32.2. The molecule has 1 saturated heterocycles. The molecule has 0 unspecified atom stereocenters. The van der Waals surface area contributed by atoms with E-state index in [0.29, 0.717) is 0 Å². The van der Waals surface area contributed by atoms with Gasteiger partial charge in [-0.1, -0.05) is 44.0 Å². The maximum atomic E-state index is 12.1. The van der Waals surface area contributed by atoms with Gasteiger partial charge in [-0.3, -0.25) is 4.79 Å². The molecule has 2 heterocycles. The van der Waals surface area contributed by atoms with Crippen LogP contribution >= 0.6 is 11.8 Å². The number of carbonyl (C=O) groups is 1. The number of rotatable bonds is 2. The summed E-state index contributed by atoms with van der Waals surface area (Å²) in [6, 6.07) is 8.38. The van der Waals surface area contributed by atoms with Crippen LogP contribution in [-0.2, 0) is 11.2 Å². The van der Waals surface area contributed by atoms with E-state index in [2.05, 4.69) is 41.1 Å². The normalized spacial score (nSPS) is 21.1. The number of amidine groups is 1. The highest BCUT2D eigenvalue weighted by Crippen LogP contribution is 2.31. The summed E-state index contributed by atoms with van der Waals surface area (Å²) in [6.45, 7) is 4.19. The monoisotopic (exact) mass is 314 g/mol. The lowest BCUT2D eigenvalue weighted by Crippen LogP contribution is -2.28. The summed E-state index contributed by atoms with van der Waals surface area (Å²) in [5, 5.41) is 0.892. The van der Waals surface area contributed by atoms with Gasteiger partial charge in [-0.25, -0.2) is 0 Å². The van der Waals surface area contributed by atoms with Crippen LogP contribution in [-0.4, -0.2) is 29.1 Å². The topological polar surface area (TPSA) is 32.7 Å². The Kier molecular flexibility index (Phi) is 4.98. The molecule has 0 radical (unpaired) electrons. The quantitative estimate of drug-likeness (QED) is 0.771. The van der Waals surface area contributed by atoms with Crippen LogP contribution in [0.4, 0.5) is 0 Å². The minimum absolute atomic E-state index is 0.0937. The van der Waals surface area contributed by atoms with E-state index in [1.54, 1.807) is 0 Å². The first kappa shape index (κ1) is 15.3. The first-order valence-electron chi connectivity index (χ1n) is 8.13. The van der Waals surface area contributed by atoms with Gasteiger partial charge in [0, 0.05) is 13.1 Å². The summed E-state index contributed by atoms with van der Waals surface area (Å²) in [7, 11) is 0. The van der Waals surface area contributed by atoms with Crippen LogP contribution in [0.3, 0.4) is 0 Å². The molecule has 3 nitrogen and oxygen atoms in total. The van der Waals surface area contributed by atoms with E-state index >= 15 is 0 Å². The Morgan fingerprint density at radius 3 is 2.45 bits per heavy atom. The van der Waals surface area contributed by atoms with Gasteiger partial charge in [0.05, 0.1) is 4.91 Å². The van der Waals surface area contributed by atoms with Crippen molar-refractivity contribution in [2.75, 3.05) is 13.1 Å². The molecule has 0 saturated carbocycles. The summed E-state index contributed by atoms with van der Waals surface area (Å²) in [5.41, 5.74) is 2.38. The molecule has 0 bridgehead atoms. The summed E-state index contributed by atoms with van der Waals surface area (Å²) in [5.74, 6) is -0.0937. The zero-order valence-corrected chi connectivity index (χ0v) is 13.9. The number of amides is 1. The van der Waals surface area contributed by atoms with Crippen molar-refractivity contribution >= 4 is 28.9 Å². The number of thioether (sulfide) groups is 1. The van der Waals surface area contributed by atoms with Crippen molar-refractivity contribution in [3.63, 3.8) is 0 Å². The molecule has 1 aromatic carbocycles. The fourth-order valence-corrected chi connectivity index (χ4v) is 3.76. The molecule has 0 spiro atoms. The molecule has 116 valence electrons. The second-order valence-corrected chi connectivity index (χ2v) is 6.82. The average Bonchev–Trinajstić information content (AvgIpc) is 2.76. The van der Waals surface area contributed by atoms with E-state index in [1.165, 1.54) is 43.0 Å². The Balaban J connectivity index is 1.71. The zero-order chi connectivity index (χ0) is 15.4. The Hall–Kier alpha value is -1.55. The second kappa shape index (κ2) is 7.14. The van der Waals surface area contributed by atoms with Crippen LogP contribution in [0, 0.1) is 0 Å². The Bertz CT molecular complexity index is 596. The molecule has 3 rings (SSSR count). The lowest BCUT2D eigenvalue weighted by Gasteiger charge is -2.20. The number of hydrogen-bond acceptors (Lipinski definition) is 3. The van der Waals surface area contributed by atoms with Crippen molar-refractivity contribution in [2.24, 2.45) is 4.99 Å². The smallest absolute Gasteiger partial charge is 0.286 e. The molecule has 2 aliphatic rings. The number of benzene rings is 1. The minimum Gasteiger partial charge on any atom is -0.351 e. The van der Waals surface area contributed by atoms with Crippen LogP contribution in [0.2, 0.25) is 0 Å². The summed E-state index contributed by atoms with van der Waals surface area (Å²) in [6.07, 6.45) is 7.97. The van der Waals surface area contributed by atoms with Crippen molar-refractivity contribution in [1.29, 1.82) is 0 Å². The van der Waals surface area contributed by atoms with E-state index in [1.807, 2.05) is 6.08 Å². The first-order valence-corrected chi connectivity index (χ1v) is 8.94.